The zero-order valence-corrected chi connectivity index (χ0v) is 17.6. The molecule has 0 heterocycles. The minimum Gasteiger partial charge on any atom is -0.526 e. The van der Waals surface area contributed by atoms with Gasteiger partial charge < -0.3 is 19.1 Å². The lowest BCUT2D eigenvalue weighted by atomic mass is 10.1. The van der Waals surface area contributed by atoms with Gasteiger partial charge in [-0.25, -0.2) is 0 Å². The molecule has 2 rings (SSSR count). The summed E-state index contributed by atoms with van der Waals surface area (Å²) in [5.41, 5.74) is 1.12. The van der Waals surface area contributed by atoms with Gasteiger partial charge in [0.2, 0.25) is 0 Å². The number of nitrogens with zero attached hydrogens (tertiary/aromatic N) is 2. The number of benzene rings is 2. The van der Waals surface area contributed by atoms with E-state index in [9.17, 15) is 9.59 Å². The van der Waals surface area contributed by atoms with Crippen LogP contribution in [0.4, 0.5) is 0 Å². The van der Waals surface area contributed by atoms with Crippen molar-refractivity contribution >= 4 is 19.5 Å². The number of carbonyl (C=O) groups excluding carboxylic acids is 2. The summed E-state index contributed by atoms with van der Waals surface area (Å²) in [6.07, 6.45) is 0. The monoisotopic (exact) mass is 395 g/mol. The predicted octanol–water partition coefficient (Wildman–Crippen LogP) is 3.64. The smallest absolute Gasteiger partial charge is 0.526 e. The second kappa shape index (κ2) is 11.1. The normalized spacial score (nSPS) is 10.2. The highest BCUT2D eigenvalue weighted by Gasteiger charge is 2.15. The molecule has 2 amide bonds. The van der Waals surface area contributed by atoms with Crippen LogP contribution in [0, 0.1) is 0 Å². The fourth-order valence-corrected chi connectivity index (χ4v) is 2.93. The first-order chi connectivity index (χ1) is 14.0. The van der Waals surface area contributed by atoms with E-state index in [0.717, 1.165) is 0 Å². The van der Waals surface area contributed by atoms with Crippen LogP contribution in [0.2, 0.25) is 0 Å². The van der Waals surface area contributed by atoms with Gasteiger partial charge in [0.15, 0.2) is 0 Å². The van der Waals surface area contributed by atoms with Crippen LogP contribution < -0.4 is 9.31 Å². The number of rotatable bonds is 10. The van der Waals surface area contributed by atoms with Crippen LogP contribution in [0.15, 0.2) is 48.5 Å². The number of carbonyl (C=O) groups is 2. The molecule has 0 saturated heterocycles. The van der Waals surface area contributed by atoms with E-state index in [1.54, 1.807) is 58.3 Å². The van der Waals surface area contributed by atoms with Crippen molar-refractivity contribution in [2.24, 2.45) is 0 Å². The Morgan fingerprint density at radius 3 is 1.45 bits per heavy atom. The first-order valence-electron chi connectivity index (χ1n) is 9.97. The molecule has 0 spiro atoms. The molecule has 0 atom stereocenters. The molecule has 0 aliphatic carbocycles. The second-order valence-electron chi connectivity index (χ2n) is 6.34. The third kappa shape index (κ3) is 6.01. The van der Waals surface area contributed by atoms with Crippen molar-refractivity contribution in [3.05, 3.63) is 59.7 Å². The third-order valence-corrected chi connectivity index (χ3v) is 4.63. The molecule has 7 heteroatoms. The fourth-order valence-electron chi connectivity index (χ4n) is 2.93. The van der Waals surface area contributed by atoms with Gasteiger partial charge in [0.1, 0.15) is 11.5 Å². The summed E-state index contributed by atoms with van der Waals surface area (Å²) in [5, 5.41) is 0. The van der Waals surface area contributed by atoms with Gasteiger partial charge in [-0.1, -0.05) is 12.1 Å². The van der Waals surface area contributed by atoms with Gasteiger partial charge in [-0.3, -0.25) is 9.59 Å². The van der Waals surface area contributed by atoms with Gasteiger partial charge in [-0.2, -0.15) is 0 Å². The lowest BCUT2D eigenvalue weighted by Gasteiger charge is -2.19. The first-order valence-corrected chi connectivity index (χ1v) is 9.97. The molecular formula is C22H28BN2O4. The quantitative estimate of drug-likeness (QED) is 0.577. The maximum Gasteiger partial charge on any atom is 0.658 e. The zero-order chi connectivity index (χ0) is 21.2. The van der Waals surface area contributed by atoms with Crippen molar-refractivity contribution in [3.63, 3.8) is 0 Å². The third-order valence-electron chi connectivity index (χ3n) is 4.63. The zero-order valence-electron chi connectivity index (χ0n) is 17.6. The standard InChI is InChI=1S/C22H28BN2O4/c1-5-24(6-2)21(26)17-11-9-13-19(15-17)28-23-29-20-14-10-12-18(16-20)22(27)25(7-3)8-4/h9-16H,5-8H2,1-4H3. The van der Waals surface area contributed by atoms with Gasteiger partial charge in [-0.15, -0.1) is 0 Å². The predicted molar refractivity (Wildman–Crippen MR) is 114 cm³/mol. The Morgan fingerprint density at radius 1 is 0.724 bits per heavy atom. The Kier molecular flexibility index (Phi) is 8.58. The molecule has 0 unspecified atom stereocenters. The van der Waals surface area contributed by atoms with E-state index in [0.29, 0.717) is 48.8 Å². The molecule has 0 N–H and O–H groups in total. The largest absolute Gasteiger partial charge is 0.658 e. The van der Waals surface area contributed by atoms with Crippen molar-refractivity contribution in [2.45, 2.75) is 27.7 Å². The molecule has 0 saturated carbocycles. The van der Waals surface area contributed by atoms with Crippen LogP contribution in [0.5, 0.6) is 11.5 Å². The Hall–Kier alpha value is -2.96. The number of amides is 2. The molecular weight excluding hydrogens is 367 g/mol. The molecule has 1 radical (unpaired) electrons. The van der Waals surface area contributed by atoms with Crippen LogP contribution in [0.25, 0.3) is 0 Å². The van der Waals surface area contributed by atoms with E-state index in [4.69, 9.17) is 9.31 Å². The molecule has 0 aliphatic heterocycles. The molecule has 29 heavy (non-hydrogen) atoms. The van der Waals surface area contributed by atoms with Gasteiger partial charge in [0.25, 0.3) is 11.8 Å². The van der Waals surface area contributed by atoms with Crippen LogP contribution in [0.1, 0.15) is 48.4 Å². The average Bonchev–Trinajstić information content (AvgIpc) is 2.75. The summed E-state index contributed by atoms with van der Waals surface area (Å²) in [4.78, 5) is 28.4. The Bertz CT molecular complexity index is 752. The SMILES string of the molecule is CCN(CC)C(=O)c1cccc(O[B]Oc2cccc(C(=O)N(CC)CC)c2)c1. The summed E-state index contributed by atoms with van der Waals surface area (Å²) in [5.74, 6) is 0.921. The van der Waals surface area contributed by atoms with E-state index in [1.165, 1.54) is 7.69 Å². The van der Waals surface area contributed by atoms with E-state index in [1.807, 2.05) is 27.7 Å². The summed E-state index contributed by atoms with van der Waals surface area (Å²) in [7, 11) is 1.20. The molecule has 0 fully saturated rings. The average molecular weight is 395 g/mol. The molecule has 0 aliphatic rings. The van der Waals surface area contributed by atoms with E-state index < -0.39 is 0 Å². The maximum atomic E-state index is 12.5. The minimum atomic E-state index is -0.0380. The second-order valence-corrected chi connectivity index (χ2v) is 6.34. The maximum absolute atomic E-state index is 12.5. The number of hydrogen-bond acceptors (Lipinski definition) is 4. The molecule has 2 aromatic rings. The van der Waals surface area contributed by atoms with Gasteiger partial charge >= 0.3 is 7.69 Å². The highest BCUT2D eigenvalue weighted by molar-refractivity contribution is 6.20. The summed E-state index contributed by atoms with van der Waals surface area (Å²) in [6.45, 7) is 10.4. The van der Waals surface area contributed by atoms with Crippen LogP contribution in [-0.2, 0) is 0 Å². The van der Waals surface area contributed by atoms with Crippen molar-refractivity contribution in [1.29, 1.82) is 0 Å². The topological polar surface area (TPSA) is 59.1 Å². The van der Waals surface area contributed by atoms with Crippen LogP contribution in [-0.4, -0.2) is 55.5 Å². The first kappa shape index (κ1) is 22.3. The van der Waals surface area contributed by atoms with Gasteiger partial charge in [-0.05, 0) is 64.1 Å². The lowest BCUT2D eigenvalue weighted by Crippen LogP contribution is -2.30. The van der Waals surface area contributed by atoms with E-state index >= 15 is 0 Å². The fraction of sp³-hybridized carbons (Fsp3) is 0.364. The van der Waals surface area contributed by atoms with Gasteiger partial charge in [0, 0.05) is 37.3 Å². The Labute approximate surface area is 173 Å². The molecule has 2 aromatic carbocycles. The van der Waals surface area contributed by atoms with Crippen LogP contribution in [0.3, 0.4) is 0 Å². The van der Waals surface area contributed by atoms with Crippen molar-refractivity contribution in [1.82, 2.24) is 9.80 Å². The summed E-state index contributed by atoms with van der Waals surface area (Å²) < 4.78 is 11.0. The molecule has 0 bridgehead atoms. The van der Waals surface area contributed by atoms with Crippen LogP contribution >= 0.6 is 0 Å². The van der Waals surface area contributed by atoms with Crippen molar-refractivity contribution in [3.8, 4) is 11.5 Å². The Morgan fingerprint density at radius 2 is 1.10 bits per heavy atom. The molecule has 6 nitrogen and oxygen atoms in total. The lowest BCUT2D eigenvalue weighted by molar-refractivity contribution is 0.0765. The molecule has 0 aromatic heterocycles. The van der Waals surface area contributed by atoms with Crippen molar-refractivity contribution in [2.75, 3.05) is 26.2 Å². The van der Waals surface area contributed by atoms with E-state index in [2.05, 4.69) is 0 Å². The highest BCUT2D eigenvalue weighted by Crippen LogP contribution is 2.17. The summed E-state index contributed by atoms with van der Waals surface area (Å²) >= 11 is 0. The minimum absolute atomic E-state index is 0.0380. The Balaban J connectivity index is 1.98. The van der Waals surface area contributed by atoms with E-state index in [-0.39, 0.29) is 11.8 Å². The summed E-state index contributed by atoms with van der Waals surface area (Å²) in [6, 6.07) is 13.9. The number of hydrogen-bond donors (Lipinski definition) is 0. The van der Waals surface area contributed by atoms with Crippen molar-refractivity contribution < 1.29 is 18.9 Å². The van der Waals surface area contributed by atoms with Gasteiger partial charge in [0.05, 0.1) is 0 Å². The molecule has 153 valence electrons. The highest BCUT2D eigenvalue weighted by atomic mass is 16.6.